The molecule has 130 valence electrons. The fourth-order valence-corrected chi connectivity index (χ4v) is 2.45. The number of guanidine groups is 1. The number of aryl methyl sites for hydroxylation is 1. The first-order chi connectivity index (χ1) is 12.1. The van der Waals surface area contributed by atoms with Gasteiger partial charge < -0.3 is 10.6 Å². The number of nitrogens with one attached hydrogen (secondary N) is 2. The van der Waals surface area contributed by atoms with Crippen LogP contribution in [-0.4, -0.2) is 19.0 Å². The Hall–Kier alpha value is -2.87. The first kappa shape index (κ1) is 18.5. The molecule has 2 N–H and O–H groups in total. The molecule has 0 aliphatic carbocycles. The van der Waals surface area contributed by atoms with Crippen molar-refractivity contribution in [2.75, 3.05) is 13.1 Å². The monoisotopic (exact) mass is 338 g/mol. The highest BCUT2D eigenvalue weighted by Gasteiger charge is 2.02. The summed E-state index contributed by atoms with van der Waals surface area (Å²) in [7, 11) is 0. The van der Waals surface area contributed by atoms with E-state index in [2.05, 4.69) is 21.7 Å². The zero-order chi connectivity index (χ0) is 18.1. The normalized spacial score (nSPS) is 11.0. The standard InChI is InChI=1S/C20H23FN4/c1-3-23-20(25-14-17-6-4-16(13-22)5-7-17)24-11-10-18-8-9-19(21)12-15(18)2/h4-9,12H,3,10-11,14H2,1-2H3,(H2,23,24,25). The highest BCUT2D eigenvalue weighted by atomic mass is 19.1. The summed E-state index contributed by atoms with van der Waals surface area (Å²) in [4.78, 5) is 4.56. The Morgan fingerprint density at radius 2 is 1.92 bits per heavy atom. The molecular weight excluding hydrogens is 315 g/mol. The van der Waals surface area contributed by atoms with E-state index in [-0.39, 0.29) is 5.82 Å². The lowest BCUT2D eigenvalue weighted by atomic mass is 10.1. The topological polar surface area (TPSA) is 60.2 Å². The fourth-order valence-electron chi connectivity index (χ4n) is 2.45. The number of benzene rings is 2. The molecule has 25 heavy (non-hydrogen) atoms. The maximum Gasteiger partial charge on any atom is 0.191 e. The van der Waals surface area contributed by atoms with E-state index in [1.165, 1.54) is 6.07 Å². The van der Waals surface area contributed by atoms with Gasteiger partial charge in [-0.25, -0.2) is 9.38 Å². The third-order valence-electron chi connectivity index (χ3n) is 3.84. The van der Waals surface area contributed by atoms with Crippen molar-refractivity contribution in [3.8, 4) is 6.07 Å². The molecule has 2 aromatic carbocycles. The maximum absolute atomic E-state index is 13.1. The zero-order valence-electron chi connectivity index (χ0n) is 14.6. The molecule has 2 rings (SSSR count). The second kappa shape index (κ2) is 9.43. The van der Waals surface area contributed by atoms with E-state index in [0.29, 0.717) is 18.7 Å². The quantitative estimate of drug-likeness (QED) is 0.627. The van der Waals surface area contributed by atoms with Crippen molar-refractivity contribution in [2.45, 2.75) is 26.8 Å². The molecule has 4 nitrogen and oxygen atoms in total. The Bertz CT molecular complexity index is 760. The van der Waals surface area contributed by atoms with Gasteiger partial charge in [0.25, 0.3) is 0 Å². The van der Waals surface area contributed by atoms with Gasteiger partial charge in [0.05, 0.1) is 18.2 Å². The molecule has 0 unspecified atom stereocenters. The van der Waals surface area contributed by atoms with Crippen molar-refractivity contribution >= 4 is 5.96 Å². The van der Waals surface area contributed by atoms with Crippen LogP contribution >= 0.6 is 0 Å². The van der Waals surface area contributed by atoms with Crippen LogP contribution in [0.4, 0.5) is 4.39 Å². The summed E-state index contributed by atoms with van der Waals surface area (Å²) in [5, 5.41) is 15.3. The van der Waals surface area contributed by atoms with Crippen molar-refractivity contribution in [2.24, 2.45) is 4.99 Å². The van der Waals surface area contributed by atoms with E-state index >= 15 is 0 Å². The number of aliphatic imine (C=N–C) groups is 1. The lowest BCUT2D eigenvalue weighted by Gasteiger charge is -2.12. The van der Waals surface area contributed by atoms with Gasteiger partial charge in [0.15, 0.2) is 5.96 Å². The molecule has 0 bridgehead atoms. The van der Waals surface area contributed by atoms with Crippen LogP contribution in [0.3, 0.4) is 0 Å². The van der Waals surface area contributed by atoms with Crippen molar-refractivity contribution < 1.29 is 4.39 Å². The van der Waals surface area contributed by atoms with Crippen molar-refractivity contribution in [1.82, 2.24) is 10.6 Å². The highest BCUT2D eigenvalue weighted by Crippen LogP contribution is 2.10. The minimum atomic E-state index is -0.202. The summed E-state index contributed by atoms with van der Waals surface area (Å²) >= 11 is 0. The third kappa shape index (κ3) is 5.92. The van der Waals surface area contributed by atoms with Crippen LogP contribution in [0.15, 0.2) is 47.5 Å². The predicted octanol–water partition coefficient (Wildman–Crippen LogP) is 3.30. The largest absolute Gasteiger partial charge is 0.357 e. The number of hydrogen-bond donors (Lipinski definition) is 2. The minimum absolute atomic E-state index is 0.202. The molecule has 5 heteroatoms. The van der Waals surface area contributed by atoms with Gasteiger partial charge >= 0.3 is 0 Å². The molecule has 0 spiro atoms. The van der Waals surface area contributed by atoms with Gasteiger partial charge in [-0.15, -0.1) is 0 Å². The smallest absolute Gasteiger partial charge is 0.191 e. The third-order valence-corrected chi connectivity index (χ3v) is 3.84. The second-order valence-electron chi connectivity index (χ2n) is 5.75. The molecule has 0 atom stereocenters. The summed E-state index contributed by atoms with van der Waals surface area (Å²) in [5.41, 5.74) is 3.77. The van der Waals surface area contributed by atoms with Crippen molar-refractivity contribution in [3.05, 3.63) is 70.5 Å². The minimum Gasteiger partial charge on any atom is -0.357 e. The Morgan fingerprint density at radius 1 is 1.16 bits per heavy atom. The first-order valence-electron chi connectivity index (χ1n) is 8.38. The summed E-state index contributed by atoms with van der Waals surface area (Å²) in [6.07, 6.45) is 0.799. The van der Waals surface area contributed by atoms with Crippen LogP contribution in [0.25, 0.3) is 0 Å². The first-order valence-corrected chi connectivity index (χ1v) is 8.38. The fraction of sp³-hybridized carbons (Fsp3) is 0.300. The summed E-state index contributed by atoms with van der Waals surface area (Å²) in [5.74, 6) is 0.540. The molecule has 0 aromatic heterocycles. The van der Waals surface area contributed by atoms with E-state index in [9.17, 15) is 4.39 Å². The number of halogens is 1. The average Bonchev–Trinajstić information content (AvgIpc) is 2.62. The van der Waals surface area contributed by atoms with Crippen LogP contribution in [0.5, 0.6) is 0 Å². The number of rotatable bonds is 6. The van der Waals surface area contributed by atoms with Gasteiger partial charge in [-0.3, -0.25) is 0 Å². The molecule has 0 amide bonds. The van der Waals surface area contributed by atoms with E-state index < -0.39 is 0 Å². The van der Waals surface area contributed by atoms with Crippen LogP contribution in [0, 0.1) is 24.1 Å². The van der Waals surface area contributed by atoms with E-state index in [1.807, 2.05) is 32.0 Å². The van der Waals surface area contributed by atoms with Crippen LogP contribution in [0.2, 0.25) is 0 Å². The Labute approximate surface area is 148 Å². The number of hydrogen-bond acceptors (Lipinski definition) is 2. The van der Waals surface area contributed by atoms with Crippen molar-refractivity contribution in [3.63, 3.8) is 0 Å². The molecular formula is C20H23FN4. The molecule has 0 fully saturated rings. The Balaban J connectivity index is 1.91. The van der Waals surface area contributed by atoms with E-state index in [0.717, 1.165) is 35.6 Å². The summed E-state index contributed by atoms with van der Waals surface area (Å²) in [6, 6.07) is 14.4. The summed E-state index contributed by atoms with van der Waals surface area (Å²) < 4.78 is 13.1. The predicted molar refractivity (Wildman–Crippen MR) is 98.8 cm³/mol. The number of nitriles is 1. The van der Waals surface area contributed by atoms with Gasteiger partial charge in [0.1, 0.15) is 5.82 Å². The summed E-state index contributed by atoms with van der Waals surface area (Å²) in [6.45, 7) is 5.96. The number of nitrogens with zero attached hydrogens (tertiary/aromatic N) is 2. The van der Waals surface area contributed by atoms with E-state index in [1.54, 1.807) is 18.2 Å². The van der Waals surface area contributed by atoms with Crippen LogP contribution in [0.1, 0.15) is 29.2 Å². The maximum atomic E-state index is 13.1. The average molecular weight is 338 g/mol. The molecule has 0 aliphatic heterocycles. The molecule has 0 saturated carbocycles. The Morgan fingerprint density at radius 3 is 2.56 bits per heavy atom. The molecule has 0 saturated heterocycles. The van der Waals surface area contributed by atoms with Gasteiger partial charge in [0.2, 0.25) is 0 Å². The van der Waals surface area contributed by atoms with Gasteiger partial charge in [-0.2, -0.15) is 5.26 Å². The van der Waals surface area contributed by atoms with Crippen LogP contribution in [-0.2, 0) is 13.0 Å². The lowest BCUT2D eigenvalue weighted by Crippen LogP contribution is -2.38. The molecule has 2 aromatic rings. The molecule has 0 radical (unpaired) electrons. The zero-order valence-corrected chi connectivity index (χ0v) is 14.6. The Kier molecular flexibility index (Phi) is 6.97. The van der Waals surface area contributed by atoms with Gasteiger partial charge in [-0.1, -0.05) is 18.2 Å². The van der Waals surface area contributed by atoms with Gasteiger partial charge in [-0.05, 0) is 61.2 Å². The second-order valence-corrected chi connectivity index (χ2v) is 5.75. The molecule has 0 aliphatic rings. The van der Waals surface area contributed by atoms with Crippen molar-refractivity contribution in [1.29, 1.82) is 5.26 Å². The van der Waals surface area contributed by atoms with Gasteiger partial charge in [0, 0.05) is 13.1 Å². The molecule has 0 heterocycles. The lowest BCUT2D eigenvalue weighted by molar-refractivity contribution is 0.625. The van der Waals surface area contributed by atoms with Crippen LogP contribution < -0.4 is 10.6 Å². The highest BCUT2D eigenvalue weighted by molar-refractivity contribution is 5.79. The SMILES string of the molecule is CCNC(=NCc1ccc(C#N)cc1)NCCc1ccc(F)cc1C. The van der Waals surface area contributed by atoms with E-state index in [4.69, 9.17) is 5.26 Å².